The van der Waals surface area contributed by atoms with Crippen LogP contribution in [0, 0.1) is 0 Å². The molecule has 0 spiro atoms. The molecule has 0 amide bonds. The summed E-state index contributed by atoms with van der Waals surface area (Å²) in [6, 6.07) is 16.3. The van der Waals surface area contributed by atoms with Crippen molar-refractivity contribution in [3.8, 4) is 11.5 Å². The minimum Gasteiger partial charge on any atom is -0.497 e. The number of nitrogens with zero attached hydrogens (tertiary/aromatic N) is 2. The zero-order chi connectivity index (χ0) is 16.9. The van der Waals surface area contributed by atoms with Crippen LogP contribution in [0.4, 0.5) is 5.69 Å². The lowest BCUT2D eigenvalue weighted by atomic mass is 10.0. The zero-order valence-corrected chi connectivity index (χ0v) is 14.1. The van der Waals surface area contributed by atoms with E-state index in [-0.39, 0.29) is 6.04 Å². The third-order valence-electron chi connectivity index (χ3n) is 4.10. The van der Waals surface area contributed by atoms with Crippen molar-refractivity contribution >= 4 is 11.4 Å². The predicted molar refractivity (Wildman–Crippen MR) is 96.9 cm³/mol. The molecule has 3 rings (SSSR count). The summed E-state index contributed by atoms with van der Waals surface area (Å²) >= 11 is 0. The molecule has 2 aromatic carbocycles. The van der Waals surface area contributed by atoms with Gasteiger partial charge in [0.25, 0.3) is 0 Å². The molecule has 0 bridgehead atoms. The van der Waals surface area contributed by atoms with Crippen LogP contribution >= 0.6 is 0 Å². The normalized spacial score (nSPS) is 16.9. The zero-order valence-electron chi connectivity index (χ0n) is 14.1. The molecule has 24 heavy (non-hydrogen) atoms. The summed E-state index contributed by atoms with van der Waals surface area (Å²) in [6.45, 7) is 3.11. The van der Waals surface area contributed by atoms with Gasteiger partial charge in [0, 0.05) is 19.0 Å². The van der Waals surface area contributed by atoms with Gasteiger partial charge < -0.3 is 15.2 Å². The molecule has 0 radical (unpaired) electrons. The van der Waals surface area contributed by atoms with E-state index in [1.807, 2.05) is 48.3 Å². The van der Waals surface area contributed by atoms with Gasteiger partial charge in [-0.3, -0.25) is 5.01 Å². The molecule has 1 atom stereocenters. The van der Waals surface area contributed by atoms with Gasteiger partial charge in [-0.1, -0.05) is 18.2 Å². The molecule has 0 fully saturated rings. The minimum atomic E-state index is 0.131. The van der Waals surface area contributed by atoms with E-state index in [1.165, 1.54) is 5.56 Å². The third kappa shape index (κ3) is 3.36. The molecule has 5 nitrogen and oxygen atoms in total. The average Bonchev–Trinajstić information content (AvgIpc) is 3.07. The predicted octanol–water partition coefficient (Wildman–Crippen LogP) is 3.36. The second-order valence-electron chi connectivity index (χ2n) is 5.64. The maximum Gasteiger partial charge on any atom is 0.120 e. The molecule has 1 aliphatic rings. The fourth-order valence-electron chi connectivity index (χ4n) is 2.90. The largest absolute Gasteiger partial charge is 0.497 e. The van der Waals surface area contributed by atoms with Crippen LogP contribution in [0.5, 0.6) is 11.5 Å². The number of benzene rings is 2. The van der Waals surface area contributed by atoms with Gasteiger partial charge in [-0.05, 0) is 36.8 Å². The monoisotopic (exact) mass is 325 g/mol. The third-order valence-corrected chi connectivity index (χ3v) is 4.10. The lowest BCUT2D eigenvalue weighted by Crippen LogP contribution is -2.18. The van der Waals surface area contributed by atoms with Gasteiger partial charge in [0.15, 0.2) is 0 Å². The summed E-state index contributed by atoms with van der Waals surface area (Å²) < 4.78 is 10.9. The second kappa shape index (κ2) is 7.36. The molecule has 0 saturated heterocycles. The summed E-state index contributed by atoms with van der Waals surface area (Å²) in [6.07, 6.45) is 0.821. The fraction of sp³-hybridized carbons (Fsp3) is 0.316. The molecule has 5 heteroatoms. The first-order valence-electron chi connectivity index (χ1n) is 8.17. The molecule has 1 unspecified atom stereocenters. The number of ether oxygens (including phenoxy) is 2. The van der Waals surface area contributed by atoms with Crippen LogP contribution in [-0.2, 0) is 0 Å². The van der Waals surface area contributed by atoms with Gasteiger partial charge in [-0.25, -0.2) is 0 Å². The van der Waals surface area contributed by atoms with Gasteiger partial charge in [0.2, 0.25) is 0 Å². The van der Waals surface area contributed by atoms with E-state index >= 15 is 0 Å². The van der Waals surface area contributed by atoms with E-state index in [1.54, 1.807) is 7.11 Å². The molecule has 126 valence electrons. The SMILES string of the molecule is CCOc1ccc(C2CC(CN)=NN2c2cccc(OC)c2)cc1. The Morgan fingerprint density at radius 2 is 1.96 bits per heavy atom. The molecule has 1 aliphatic heterocycles. The highest BCUT2D eigenvalue weighted by atomic mass is 16.5. The van der Waals surface area contributed by atoms with Crippen molar-refractivity contribution in [2.45, 2.75) is 19.4 Å². The van der Waals surface area contributed by atoms with Crippen molar-refractivity contribution in [1.29, 1.82) is 0 Å². The van der Waals surface area contributed by atoms with Crippen molar-refractivity contribution in [1.82, 2.24) is 0 Å². The molecule has 0 aliphatic carbocycles. The highest BCUT2D eigenvalue weighted by Crippen LogP contribution is 2.36. The number of hydrogen-bond acceptors (Lipinski definition) is 5. The van der Waals surface area contributed by atoms with Gasteiger partial charge in [0.05, 0.1) is 31.2 Å². The summed E-state index contributed by atoms with van der Waals surface area (Å²) in [5.74, 6) is 1.70. The maximum atomic E-state index is 5.83. The van der Waals surface area contributed by atoms with Crippen LogP contribution in [0.1, 0.15) is 24.9 Å². The molecule has 0 saturated carbocycles. The number of anilines is 1. The van der Waals surface area contributed by atoms with E-state index in [9.17, 15) is 0 Å². The number of hydrazone groups is 1. The quantitative estimate of drug-likeness (QED) is 0.885. The first-order chi connectivity index (χ1) is 11.7. The van der Waals surface area contributed by atoms with E-state index in [4.69, 9.17) is 20.3 Å². The summed E-state index contributed by atoms with van der Waals surface area (Å²) in [5, 5.41) is 6.74. The van der Waals surface area contributed by atoms with Gasteiger partial charge >= 0.3 is 0 Å². The summed E-state index contributed by atoms with van der Waals surface area (Å²) in [4.78, 5) is 0. The Morgan fingerprint density at radius 1 is 1.17 bits per heavy atom. The van der Waals surface area contributed by atoms with Gasteiger partial charge in [-0.2, -0.15) is 5.10 Å². The lowest BCUT2D eigenvalue weighted by Gasteiger charge is -2.24. The van der Waals surface area contributed by atoms with E-state index in [0.29, 0.717) is 13.2 Å². The van der Waals surface area contributed by atoms with Crippen LogP contribution in [-0.4, -0.2) is 26.0 Å². The summed E-state index contributed by atoms with van der Waals surface area (Å²) in [5.41, 5.74) is 9.01. The lowest BCUT2D eigenvalue weighted by molar-refractivity contribution is 0.340. The molecular weight excluding hydrogens is 302 g/mol. The molecule has 0 aromatic heterocycles. The van der Waals surface area contributed by atoms with Crippen LogP contribution in [0.2, 0.25) is 0 Å². The Kier molecular flexibility index (Phi) is 5.01. The Hall–Kier alpha value is -2.53. The smallest absolute Gasteiger partial charge is 0.120 e. The standard InChI is InChI=1S/C19H23N3O2/c1-3-24-17-9-7-14(8-10-17)19-11-15(13-20)21-22(19)16-5-4-6-18(12-16)23-2/h4-10,12,19H,3,11,13,20H2,1-2H3. The van der Waals surface area contributed by atoms with Gasteiger partial charge in [-0.15, -0.1) is 0 Å². The van der Waals surface area contributed by atoms with Gasteiger partial charge in [0.1, 0.15) is 11.5 Å². The molecular formula is C19H23N3O2. The highest BCUT2D eigenvalue weighted by molar-refractivity contribution is 5.90. The van der Waals surface area contributed by atoms with E-state index < -0.39 is 0 Å². The maximum absolute atomic E-state index is 5.83. The fourth-order valence-corrected chi connectivity index (χ4v) is 2.90. The highest BCUT2D eigenvalue weighted by Gasteiger charge is 2.28. The van der Waals surface area contributed by atoms with E-state index in [0.717, 1.165) is 29.3 Å². The van der Waals surface area contributed by atoms with Crippen LogP contribution in [0.15, 0.2) is 53.6 Å². The average molecular weight is 325 g/mol. The Balaban J connectivity index is 1.90. The first-order valence-corrected chi connectivity index (χ1v) is 8.17. The Morgan fingerprint density at radius 3 is 2.62 bits per heavy atom. The van der Waals surface area contributed by atoms with Crippen molar-refractivity contribution in [3.05, 3.63) is 54.1 Å². The van der Waals surface area contributed by atoms with Crippen molar-refractivity contribution in [3.63, 3.8) is 0 Å². The van der Waals surface area contributed by atoms with E-state index in [2.05, 4.69) is 12.1 Å². The van der Waals surface area contributed by atoms with Crippen LogP contribution in [0.25, 0.3) is 0 Å². The molecule has 2 N–H and O–H groups in total. The minimum absolute atomic E-state index is 0.131. The Labute approximate surface area is 142 Å². The number of rotatable bonds is 6. The number of methoxy groups -OCH3 is 1. The van der Waals surface area contributed by atoms with Crippen molar-refractivity contribution < 1.29 is 9.47 Å². The van der Waals surface area contributed by atoms with Crippen LogP contribution < -0.4 is 20.2 Å². The van der Waals surface area contributed by atoms with Crippen molar-refractivity contribution in [2.75, 3.05) is 25.3 Å². The van der Waals surface area contributed by atoms with Crippen molar-refractivity contribution in [2.24, 2.45) is 10.8 Å². The first kappa shape index (κ1) is 16.3. The van der Waals surface area contributed by atoms with Crippen LogP contribution in [0.3, 0.4) is 0 Å². The number of hydrogen-bond donors (Lipinski definition) is 1. The number of nitrogens with two attached hydrogens (primary N) is 1. The molecule has 1 heterocycles. The second-order valence-corrected chi connectivity index (χ2v) is 5.64. The molecule has 2 aromatic rings. The topological polar surface area (TPSA) is 60.1 Å². The summed E-state index contributed by atoms with van der Waals surface area (Å²) in [7, 11) is 1.67. The Bertz CT molecular complexity index is 713.